The molecule has 4 heterocycles. The van der Waals surface area contributed by atoms with Gasteiger partial charge in [0.2, 0.25) is 5.88 Å². The smallest absolute Gasteiger partial charge is 0.258 e. The van der Waals surface area contributed by atoms with Gasteiger partial charge >= 0.3 is 0 Å². The number of rotatable bonds is 6. The van der Waals surface area contributed by atoms with Crippen molar-refractivity contribution >= 4 is 106 Å². The van der Waals surface area contributed by atoms with Crippen molar-refractivity contribution in [2.45, 2.75) is 0 Å². The Labute approximate surface area is 341 Å². The molecule has 6 heteroatoms. The molecule has 0 aliphatic carbocycles. The van der Waals surface area contributed by atoms with E-state index in [1.54, 1.807) is 0 Å². The molecule has 0 saturated carbocycles. The van der Waals surface area contributed by atoms with Crippen molar-refractivity contribution in [3.05, 3.63) is 206 Å². The molecule has 0 bridgehead atoms. The summed E-state index contributed by atoms with van der Waals surface area (Å²) in [5.41, 5.74) is 15.9. The lowest BCUT2D eigenvalue weighted by Gasteiger charge is -2.42. The molecule has 0 amide bonds. The number of nitrogens with zero attached hydrogens (tertiary/aromatic N) is 3. The minimum atomic E-state index is -0.0741. The number of benzene rings is 8. The topological polar surface area (TPSA) is 22.9 Å². The van der Waals surface area contributed by atoms with Crippen molar-refractivity contribution in [2.75, 3.05) is 14.7 Å². The number of furan rings is 1. The Kier molecular flexibility index (Phi) is 7.47. The van der Waals surface area contributed by atoms with E-state index >= 15 is 0 Å². The summed E-state index contributed by atoms with van der Waals surface area (Å²) in [5, 5.41) is 1.15. The molecule has 0 fully saturated rings. The van der Waals surface area contributed by atoms with E-state index in [0.29, 0.717) is 0 Å². The predicted octanol–water partition coefficient (Wildman–Crippen LogP) is 12.9. The maximum Gasteiger partial charge on any atom is 0.258 e. The summed E-state index contributed by atoms with van der Waals surface area (Å²) in [5.74, 6) is 0.880. The van der Waals surface area contributed by atoms with Gasteiger partial charge in [0.1, 0.15) is 0 Å². The van der Waals surface area contributed by atoms with E-state index in [1.165, 1.54) is 31.4 Å². The molecule has 2 aliphatic heterocycles. The van der Waals surface area contributed by atoms with Gasteiger partial charge in [-0.05, 0) is 107 Å². The third-order valence-corrected chi connectivity index (χ3v) is 12.8. The summed E-state index contributed by atoms with van der Waals surface area (Å²) in [6.45, 7) is -0.0741. The molecule has 0 spiro atoms. The molecule has 10 aromatic rings. The fourth-order valence-electron chi connectivity index (χ4n) is 9.17. The van der Waals surface area contributed by atoms with Crippen molar-refractivity contribution in [1.29, 1.82) is 0 Å². The zero-order chi connectivity index (χ0) is 38.2. The number of thiophene rings is 1. The quantitative estimate of drug-likeness (QED) is 0.158. The van der Waals surface area contributed by atoms with E-state index in [-0.39, 0.29) is 6.71 Å². The molecule has 0 unspecified atom stereocenters. The average Bonchev–Trinajstić information content (AvgIpc) is 3.84. The van der Waals surface area contributed by atoms with Crippen molar-refractivity contribution < 1.29 is 4.42 Å². The van der Waals surface area contributed by atoms with E-state index in [4.69, 9.17) is 4.42 Å². The Hall–Kier alpha value is -7.28. The zero-order valence-corrected chi connectivity index (χ0v) is 32.2. The normalized spacial score (nSPS) is 12.7. The Bertz CT molecular complexity index is 3110. The minimum Gasteiger partial charge on any atom is -0.439 e. The van der Waals surface area contributed by atoms with Crippen LogP contribution in [0.5, 0.6) is 0 Å². The van der Waals surface area contributed by atoms with Crippen molar-refractivity contribution in [3.8, 4) is 11.1 Å². The second kappa shape index (κ2) is 13.2. The Balaban J connectivity index is 1.15. The number of fused-ring (bicyclic) bond motifs is 8. The third-order valence-electron chi connectivity index (χ3n) is 11.6. The number of hydrogen-bond acceptors (Lipinski definition) is 5. The fourth-order valence-corrected chi connectivity index (χ4v) is 10.4. The predicted molar refractivity (Wildman–Crippen MR) is 246 cm³/mol. The van der Waals surface area contributed by atoms with Crippen LogP contribution in [0, 0.1) is 0 Å². The van der Waals surface area contributed by atoms with Gasteiger partial charge < -0.3 is 14.2 Å². The fraction of sp³-hybridized carbons (Fsp3) is 0. The monoisotopic (exact) mass is 759 g/mol. The van der Waals surface area contributed by atoms with Crippen molar-refractivity contribution in [1.82, 2.24) is 0 Å². The molecule has 2 aliphatic rings. The van der Waals surface area contributed by atoms with Crippen LogP contribution in [0.25, 0.3) is 31.5 Å². The highest BCUT2D eigenvalue weighted by Gasteiger charge is 2.47. The molecule has 4 nitrogen and oxygen atoms in total. The molecule has 272 valence electrons. The van der Waals surface area contributed by atoms with Crippen LogP contribution in [-0.4, -0.2) is 6.71 Å². The number of hydrogen-bond donors (Lipinski definition) is 0. The summed E-state index contributed by atoms with van der Waals surface area (Å²) in [4.78, 5) is 7.19. The standard InChI is InChI=1S/C52H34BN3OS/c1-5-17-35(18-6-1)36-19-15-26-40(33-36)56-45-29-16-28-44-48(45)53(49-51-50(57-52(49)56)42-27-13-14-30-47(42)58-51)43-32-31-41(34-46(43)55(44)39-24-11-4-12-25-39)54(37-20-7-2-8-21-37)38-22-9-3-10-23-38/h1-34H. The van der Waals surface area contributed by atoms with E-state index in [0.717, 1.165) is 67.9 Å². The molecule has 0 N–H and O–H groups in total. The second-order valence-corrected chi connectivity index (χ2v) is 15.9. The first-order valence-electron chi connectivity index (χ1n) is 19.7. The van der Waals surface area contributed by atoms with E-state index < -0.39 is 0 Å². The highest BCUT2D eigenvalue weighted by Crippen LogP contribution is 2.49. The molecule has 0 radical (unpaired) electrons. The highest BCUT2D eigenvalue weighted by atomic mass is 32.1. The van der Waals surface area contributed by atoms with Crippen LogP contribution in [0.1, 0.15) is 0 Å². The molecular formula is C52H34BN3OS. The second-order valence-electron chi connectivity index (χ2n) is 14.9. The van der Waals surface area contributed by atoms with Gasteiger partial charge in [-0.1, -0.05) is 121 Å². The van der Waals surface area contributed by atoms with Crippen LogP contribution in [0.4, 0.5) is 51.4 Å². The third kappa shape index (κ3) is 5.02. The lowest BCUT2D eigenvalue weighted by molar-refractivity contribution is 0.626. The largest absolute Gasteiger partial charge is 0.439 e. The Morgan fingerprint density at radius 3 is 1.79 bits per heavy atom. The highest BCUT2D eigenvalue weighted by molar-refractivity contribution is 7.28. The Morgan fingerprint density at radius 1 is 0.448 bits per heavy atom. The summed E-state index contributed by atoms with van der Waals surface area (Å²) in [6.07, 6.45) is 0. The average molecular weight is 760 g/mol. The van der Waals surface area contributed by atoms with Gasteiger partial charge in [0, 0.05) is 61.0 Å². The van der Waals surface area contributed by atoms with Crippen LogP contribution in [0.2, 0.25) is 0 Å². The number of anilines is 9. The van der Waals surface area contributed by atoms with E-state index in [9.17, 15) is 0 Å². The molecule has 0 atom stereocenters. The van der Waals surface area contributed by atoms with E-state index in [1.807, 2.05) is 11.3 Å². The van der Waals surface area contributed by atoms with Crippen LogP contribution in [0.3, 0.4) is 0 Å². The van der Waals surface area contributed by atoms with E-state index in [2.05, 4.69) is 221 Å². The molecule has 2 aromatic heterocycles. The van der Waals surface area contributed by atoms with Crippen LogP contribution >= 0.6 is 11.3 Å². The minimum absolute atomic E-state index is 0.0741. The first-order valence-corrected chi connectivity index (χ1v) is 20.5. The van der Waals surface area contributed by atoms with Gasteiger partial charge in [0.05, 0.1) is 4.70 Å². The summed E-state index contributed by atoms with van der Waals surface area (Å²) < 4.78 is 9.66. The van der Waals surface area contributed by atoms with Gasteiger partial charge in [0.15, 0.2) is 5.58 Å². The van der Waals surface area contributed by atoms with Crippen molar-refractivity contribution in [3.63, 3.8) is 0 Å². The van der Waals surface area contributed by atoms with Gasteiger partial charge in [-0.3, -0.25) is 4.90 Å². The molecule has 0 saturated heterocycles. The Morgan fingerprint density at radius 2 is 1.05 bits per heavy atom. The lowest BCUT2D eigenvalue weighted by atomic mass is 9.34. The SMILES string of the molecule is c1ccc(-c2cccc(N3c4cccc5c4B(c4ccc(N(c6ccccc6)c6ccccc6)cc4N5c4ccccc4)c4c3oc3c4sc4ccccc43)c2)cc1. The summed E-state index contributed by atoms with van der Waals surface area (Å²) in [6, 6.07) is 74.1. The summed E-state index contributed by atoms with van der Waals surface area (Å²) in [7, 11) is 0. The molecule has 8 aromatic carbocycles. The van der Waals surface area contributed by atoms with Gasteiger partial charge in [-0.2, -0.15) is 0 Å². The maximum atomic E-state index is 7.23. The zero-order valence-electron chi connectivity index (χ0n) is 31.4. The van der Waals surface area contributed by atoms with Gasteiger partial charge in [0.25, 0.3) is 6.71 Å². The molecular weight excluding hydrogens is 725 g/mol. The van der Waals surface area contributed by atoms with Crippen LogP contribution in [-0.2, 0) is 0 Å². The molecule has 12 rings (SSSR count). The summed E-state index contributed by atoms with van der Waals surface area (Å²) >= 11 is 1.84. The maximum absolute atomic E-state index is 7.23. The van der Waals surface area contributed by atoms with Gasteiger partial charge in [-0.25, -0.2) is 0 Å². The van der Waals surface area contributed by atoms with Crippen molar-refractivity contribution in [2.24, 2.45) is 0 Å². The lowest BCUT2D eigenvalue weighted by Crippen LogP contribution is -2.61. The molecule has 58 heavy (non-hydrogen) atoms. The van der Waals surface area contributed by atoms with Gasteiger partial charge in [-0.15, -0.1) is 11.3 Å². The van der Waals surface area contributed by atoms with Crippen LogP contribution in [0.15, 0.2) is 211 Å². The number of para-hydroxylation sites is 3. The first-order chi connectivity index (χ1) is 28.8. The first kappa shape index (κ1) is 32.9. The van der Waals surface area contributed by atoms with Crippen LogP contribution < -0.4 is 31.1 Å².